The van der Waals surface area contributed by atoms with Gasteiger partial charge in [0.15, 0.2) is 0 Å². The molecule has 0 radical (unpaired) electrons. The summed E-state index contributed by atoms with van der Waals surface area (Å²) in [4.78, 5) is 2.22. The number of aliphatic hydroxyl groups is 1. The average Bonchev–Trinajstić information content (AvgIpc) is 3.06. The summed E-state index contributed by atoms with van der Waals surface area (Å²) in [5.41, 5.74) is -1.42. The van der Waals surface area contributed by atoms with E-state index in [2.05, 4.69) is 4.90 Å². The van der Waals surface area contributed by atoms with Gasteiger partial charge < -0.3 is 9.84 Å². The van der Waals surface area contributed by atoms with Gasteiger partial charge in [-0.2, -0.15) is 4.31 Å². The number of hydrogen-bond donors (Lipinski definition) is 1. The van der Waals surface area contributed by atoms with Crippen LogP contribution < -0.4 is 0 Å². The molecule has 1 N–H and O–H groups in total. The predicted molar refractivity (Wildman–Crippen MR) is 93.7 cm³/mol. The van der Waals surface area contributed by atoms with Gasteiger partial charge in [-0.1, -0.05) is 19.9 Å². The van der Waals surface area contributed by atoms with Crippen LogP contribution in [0.4, 0.5) is 0 Å². The van der Waals surface area contributed by atoms with Crippen molar-refractivity contribution in [3.63, 3.8) is 0 Å². The Morgan fingerprint density at radius 3 is 2.58 bits per heavy atom. The van der Waals surface area contributed by atoms with Gasteiger partial charge >= 0.3 is 0 Å². The van der Waals surface area contributed by atoms with Crippen LogP contribution in [0.25, 0.3) is 0 Å². The highest BCUT2D eigenvalue weighted by Gasteiger charge is 2.50. The summed E-state index contributed by atoms with van der Waals surface area (Å²) in [5.74, 6) is 0. The number of thiophene rings is 1. The Hall–Kier alpha value is -0.510. The summed E-state index contributed by atoms with van der Waals surface area (Å²) in [7, 11) is -3.47. The van der Waals surface area contributed by atoms with Crippen molar-refractivity contribution >= 4 is 21.4 Å². The van der Waals surface area contributed by atoms with E-state index in [4.69, 9.17) is 4.74 Å². The quantitative estimate of drug-likeness (QED) is 0.858. The number of ether oxygens (including phenoxy) is 1. The molecule has 8 heteroatoms. The lowest BCUT2D eigenvalue weighted by Crippen LogP contribution is -2.63. The molecule has 0 spiro atoms. The molecule has 0 amide bonds. The molecule has 0 aliphatic carbocycles. The lowest BCUT2D eigenvalue weighted by Gasteiger charge is -2.51. The lowest BCUT2D eigenvalue weighted by atomic mass is 9.70. The number of sulfonamides is 1. The van der Waals surface area contributed by atoms with E-state index in [1.54, 1.807) is 17.5 Å². The summed E-state index contributed by atoms with van der Waals surface area (Å²) in [6, 6.07) is 3.39. The molecule has 24 heavy (non-hydrogen) atoms. The van der Waals surface area contributed by atoms with E-state index < -0.39 is 21.0 Å². The van der Waals surface area contributed by atoms with Crippen molar-refractivity contribution in [2.75, 3.05) is 45.9 Å². The van der Waals surface area contributed by atoms with Gasteiger partial charge in [0.25, 0.3) is 10.0 Å². The summed E-state index contributed by atoms with van der Waals surface area (Å²) >= 11 is 1.24. The maximum absolute atomic E-state index is 12.8. The van der Waals surface area contributed by atoms with Gasteiger partial charge in [0.05, 0.1) is 18.8 Å². The van der Waals surface area contributed by atoms with Crippen LogP contribution in [0.5, 0.6) is 0 Å². The SMILES string of the molecule is CC1(C)CN(S(=O)(=O)c2cccs2)CC[C@]1(O)CN1CCOCC1. The minimum Gasteiger partial charge on any atom is -0.388 e. The van der Waals surface area contributed by atoms with Crippen LogP contribution in [0.1, 0.15) is 20.3 Å². The van der Waals surface area contributed by atoms with E-state index in [1.165, 1.54) is 15.6 Å². The molecule has 2 aliphatic rings. The molecule has 1 aromatic rings. The molecule has 2 fully saturated rings. The van der Waals surface area contributed by atoms with Gasteiger partial charge in [0.2, 0.25) is 0 Å². The zero-order chi connectivity index (χ0) is 17.4. The third-order valence-corrected chi connectivity index (χ3v) is 8.50. The fraction of sp³-hybridized carbons (Fsp3) is 0.750. The summed E-state index contributed by atoms with van der Waals surface area (Å²) < 4.78 is 32.8. The van der Waals surface area contributed by atoms with E-state index in [0.29, 0.717) is 43.5 Å². The second kappa shape index (κ2) is 6.66. The molecule has 0 unspecified atom stereocenters. The van der Waals surface area contributed by atoms with E-state index in [-0.39, 0.29) is 0 Å². The first kappa shape index (κ1) is 18.3. The molecule has 1 atom stereocenters. The largest absolute Gasteiger partial charge is 0.388 e. The second-order valence-electron chi connectivity index (χ2n) is 7.32. The van der Waals surface area contributed by atoms with E-state index >= 15 is 0 Å². The Balaban J connectivity index is 1.74. The average molecular weight is 375 g/mol. The first-order valence-electron chi connectivity index (χ1n) is 8.31. The number of morpholine rings is 1. The van der Waals surface area contributed by atoms with Crippen LogP contribution in [-0.4, -0.2) is 74.3 Å². The molecule has 2 aliphatic heterocycles. The van der Waals surface area contributed by atoms with Crippen LogP contribution >= 0.6 is 11.3 Å². The summed E-state index contributed by atoms with van der Waals surface area (Å²) in [6.07, 6.45) is 0.446. The topological polar surface area (TPSA) is 70.1 Å². The van der Waals surface area contributed by atoms with Crippen molar-refractivity contribution in [2.45, 2.75) is 30.1 Å². The summed E-state index contributed by atoms with van der Waals surface area (Å²) in [5, 5.41) is 13.0. The smallest absolute Gasteiger partial charge is 0.252 e. The Morgan fingerprint density at radius 2 is 2.00 bits per heavy atom. The van der Waals surface area contributed by atoms with Crippen LogP contribution in [0.2, 0.25) is 0 Å². The number of hydrogen-bond acceptors (Lipinski definition) is 6. The van der Waals surface area contributed by atoms with Crippen molar-refractivity contribution in [2.24, 2.45) is 5.41 Å². The Labute approximate surface area is 148 Å². The number of piperidine rings is 1. The molecule has 1 aromatic heterocycles. The Bertz CT molecular complexity index is 654. The minimum atomic E-state index is -3.47. The third kappa shape index (κ3) is 3.40. The standard InChI is InChI=1S/C16H26N2O4S2/c1-15(2)12-18(24(20,21)14-4-3-11-23-14)6-5-16(15,19)13-17-7-9-22-10-8-17/h3-4,11,19H,5-10,12-13H2,1-2H3/t16-/m0/s1. The normalized spacial score (nSPS) is 29.6. The maximum atomic E-state index is 12.8. The van der Waals surface area contributed by atoms with Crippen molar-refractivity contribution in [1.29, 1.82) is 0 Å². The van der Waals surface area contributed by atoms with Crippen LogP contribution in [0.15, 0.2) is 21.7 Å². The fourth-order valence-corrected chi connectivity index (χ4v) is 6.23. The fourth-order valence-electron chi connectivity index (χ4n) is 3.48. The zero-order valence-electron chi connectivity index (χ0n) is 14.3. The van der Waals surface area contributed by atoms with Gasteiger partial charge in [0, 0.05) is 38.1 Å². The molecule has 3 heterocycles. The zero-order valence-corrected chi connectivity index (χ0v) is 15.9. The van der Waals surface area contributed by atoms with Gasteiger partial charge in [-0.25, -0.2) is 8.42 Å². The van der Waals surface area contributed by atoms with Crippen molar-refractivity contribution in [3.05, 3.63) is 17.5 Å². The first-order chi connectivity index (χ1) is 11.2. The molecule has 0 saturated carbocycles. The van der Waals surface area contributed by atoms with Gasteiger partial charge in [-0.05, 0) is 17.9 Å². The molecule has 6 nitrogen and oxygen atoms in total. The summed E-state index contributed by atoms with van der Waals surface area (Å²) in [6.45, 7) is 8.18. The predicted octanol–water partition coefficient (Wildman–Crippen LogP) is 1.23. The highest BCUT2D eigenvalue weighted by molar-refractivity contribution is 7.91. The molecular formula is C16H26N2O4S2. The maximum Gasteiger partial charge on any atom is 0.252 e. The molecule has 136 valence electrons. The minimum absolute atomic E-state index is 0.327. The van der Waals surface area contributed by atoms with E-state index in [9.17, 15) is 13.5 Å². The van der Waals surface area contributed by atoms with Crippen LogP contribution in [0, 0.1) is 5.41 Å². The van der Waals surface area contributed by atoms with Crippen molar-refractivity contribution in [1.82, 2.24) is 9.21 Å². The van der Waals surface area contributed by atoms with E-state index in [1.807, 2.05) is 13.8 Å². The van der Waals surface area contributed by atoms with Crippen LogP contribution in [0.3, 0.4) is 0 Å². The van der Waals surface area contributed by atoms with Crippen molar-refractivity contribution < 1.29 is 18.3 Å². The molecule has 2 saturated heterocycles. The monoisotopic (exact) mass is 374 g/mol. The highest BCUT2D eigenvalue weighted by atomic mass is 32.2. The molecule has 0 aromatic carbocycles. The lowest BCUT2D eigenvalue weighted by molar-refractivity contribution is -0.128. The first-order valence-corrected chi connectivity index (χ1v) is 10.6. The number of β-amino-alcohol motifs (C(OH)–C–C–N with tert-alkyl or cyclic N) is 1. The second-order valence-corrected chi connectivity index (χ2v) is 10.4. The van der Waals surface area contributed by atoms with Crippen molar-refractivity contribution in [3.8, 4) is 0 Å². The Kier molecular flexibility index (Phi) is 5.07. The molecule has 3 rings (SSSR count). The van der Waals surface area contributed by atoms with Gasteiger partial charge in [-0.3, -0.25) is 4.90 Å². The van der Waals surface area contributed by atoms with Gasteiger partial charge in [0.1, 0.15) is 4.21 Å². The van der Waals surface area contributed by atoms with Crippen LogP contribution in [-0.2, 0) is 14.8 Å². The molecule has 0 bridgehead atoms. The number of rotatable bonds is 4. The third-order valence-electron chi connectivity index (χ3n) is 5.28. The highest BCUT2D eigenvalue weighted by Crippen LogP contribution is 2.41. The molecular weight excluding hydrogens is 348 g/mol. The number of nitrogens with zero attached hydrogens (tertiary/aromatic N) is 2. The Morgan fingerprint density at radius 1 is 1.29 bits per heavy atom. The van der Waals surface area contributed by atoms with E-state index in [0.717, 1.165) is 13.1 Å². The van der Waals surface area contributed by atoms with Gasteiger partial charge in [-0.15, -0.1) is 11.3 Å².